The van der Waals surface area contributed by atoms with Crippen molar-refractivity contribution in [2.45, 2.75) is 33.2 Å². The van der Waals surface area contributed by atoms with Gasteiger partial charge < -0.3 is 23.7 Å². The molecule has 2 aromatic carbocycles. The molecule has 0 fully saturated rings. The molecule has 0 saturated carbocycles. The highest BCUT2D eigenvalue weighted by atomic mass is 32.1. The van der Waals surface area contributed by atoms with Crippen LogP contribution in [0.3, 0.4) is 0 Å². The zero-order valence-corrected chi connectivity index (χ0v) is 25.6. The molecule has 3 aromatic rings. The molecule has 2 heterocycles. The Kier molecular flexibility index (Phi) is 10.2. The summed E-state index contributed by atoms with van der Waals surface area (Å²) in [4.78, 5) is 44.0. The molecule has 1 aliphatic rings. The molecule has 0 N–H and O–H groups in total. The van der Waals surface area contributed by atoms with Gasteiger partial charge in [-0.05, 0) is 74.2 Å². The highest BCUT2D eigenvalue weighted by Crippen LogP contribution is 2.36. The number of hydrogen-bond donors (Lipinski definition) is 0. The van der Waals surface area contributed by atoms with E-state index in [9.17, 15) is 14.4 Å². The average Bonchev–Trinajstić information content (AvgIpc) is 3.29. The quantitative estimate of drug-likeness (QED) is 0.227. The third-order valence-electron chi connectivity index (χ3n) is 6.64. The Bertz CT molecular complexity index is 1750. The minimum Gasteiger partial charge on any atom is -0.496 e. The molecular weight excluding hydrogens is 572 g/mol. The normalized spacial score (nSPS) is 14.4. The molecule has 1 aromatic heterocycles. The van der Waals surface area contributed by atoms with Gasteiger partial charge in [0.15, 0.2) is 22.9 Å². The van der Waals surface area contributed by atoms with E-state index in [2.05, 4.69) is 16.3 Å². The van der Waals surface area contributed by atoms with Crippen molar-refractivity contribution >= 4 is 29.4 Å². The van der Waals surface area contributed by atoms with Gasteiger partial charge in [-0.1, -0.05) is 29.5 Å². The fourth-order valence-corrected chi connectivity index (χ4v) is 5.79. The van der Waals surface area contributed by atoms with Gasteiger partial charge in [0.1, 0.15) is 5.75 Å². The van der Waals surface area contributed by atoms with Crippen molar-refractivity contribution < 1.29 is 33.3 Å². The maximum atomic E-state index is 14.0. The average molecular weight is 607 g/mol. The number of fused-ring (bicyclic) bond motifs is 1. The number of hydrogen-bond acceptors (Lipinski definition) is 10. The van der Waals surface area contributed by atoms with Crippen LogP contribution in [0.25, 0.3) is 6.08 Å². The predicted molar refractivity (Wildman–Crippen MR) is 162 cm³/mol. The molecule has 4 rings (SSSR count). The number of methoxy groups -OCH3 is 2. The number of allylic oxidation sites excluding steroid dienone is 2. The van der Waals surface area contributed by atoms with Gasteiger partial charge in [-0.3, -0.25) is 9.36 Å². The van der Waals surface area contributed by atoms with Crippen LogP contribution in [-0.2, 0) is 25.5 Å². The number of rotatable bonds is 12. The Balaban J connectivity index is 1.89. The number of benzene rings is 2. The minimum atomic E-state index is -0.849. The third-order valence-corrected chi connectivity index (χ3v) is 7.62. The van der Waals surface area contributed by atoms with Crippen LogP contribution in [0.1, 0.15) is 43.5 Å². The lowest BCUT2D eigenvalue weighted by Gasteiger charge is -2.25. The van der Waals surface area contributed by atoms with E-state index in [4.69, 9.17) is 18.9 Å². The number of esters is 2. The summed E-state index contributed by atoms with van der Waals surface area (Å²) in [6.07, 6.45) is 4.19. The van der Waals surface area contributed by atoms with Gasteiger partial charge in [-0.2, -0.15) is 0 Å². The first-order valence-electron chi connectivity index (χ1n) is 13.7. The number of aromatic nitrogens is 1. The van der Waals surface area contributed by atoms with E-state index in [1.807, 2.05) is 25.1 Å². The van der Waals surface area contributed by atoms with Gasteiger partial charge in [0.25, 0.3) is 5.56 Å². The Morgan fingerprint density at radius 2 is 1.81 bits per heavy atom. The first kappa shape index (κ1) is 31.3. The van der Waals surface area contributed by atoms with Gasteiger partial charge in [-0.25, -0.2) is 14.6 Å². The molecule has 226 valence electrons. The smallest absolute Gasteiger partial charge is 0.343 e. The standard InChI is InChI=1S/C32H34N2O8S/c1-7-10-21-15-20(11-13-23(21)38-5)16-26-30(36)34-29(28(31(37)41-9-3)19(4)33-32(34)43-26)22-12-14-24(25(17-22)40-8-2)42-18-27(35)39-6/h7,11-17,29H,1,8-10,18H2,2-6H3/b26-16-/t29-/m0/s1. The van der Waals surface area contributed by atoms with Crippen LogP contribution >= 0.6 is 11.3 Å². The summed E-state index contributed by atoms with van der Waals surface area (Å²) >= 11 is 1.23. The van der Waals surface area contributed by atoms with E-state index in [0.717, 1.165) is 16.9 Å². The highest BCUT2D eigenvalue weighted by Gasteiger charge is 2.34. The second-order valence-electron chi connectivity index (χ2n) is 9.37. The maximum absolute atomic E-state index is 14.0. The first-order chi connectivity index (χ1) is 20.8. The van der Waals surface area contributed by atoms with Crippen LogP contribution < -0.4 is 29.1 Å². The van der Waals surface area contributed by atoms with Crippen LogP contribution in [0.15, 0.2) is 70.1 Å². The fourth-order valence-electron chi connectivity index (χ4n) is 4.74. The van der Waals surface area contributed by atoms with Gasteiger partial charge >= 0.3 is 11.9 Å². The van der Waals surface area contributed by atoms with Crippen LogP contribution in [-0.4, -0.2) is 50.5 Å². The SMILES string of the molecule is C=CCc1cc(/C=c2\sc3n(c2=O)[C@@H](c2ccc(OCC(=O)OC)c(OCC)c2)C(C(=O)OCC)=C(C)N=3)ccc1OC. The van der Waals surface area contributed by atoms with E-state index >= 15 is 0 Å². The number of thiazole rings is 1. The monoisotopic (exact) mass is 606 g/mol. The summed E-state index contributed by atoms with van der Waals surface area (Å²) in [6.45, 7) is 9.23. The molecule has 0 unspecified atom stereocenters. The molecule has 0 amide bonds. The van der Waals surface area contributed by atoms with E-state index in [1.165, 1.54) is 23.0 Å². The number of carbonyl (C=O) groups is 2. The van der Waals surface area contributed by atoms with Gasteiger partial charge in [0, 0.05) is 0 Å². The second-order valence-corrected chi connectivity index (χ2v) is 10.4. The van der Waals surface area contributed by atoms with Crippen molar-refractivity contribution in [2.75, 3.05) is 34.0 Å². The van der Waals surface area contributed by atoms with E-state index in [0.29, 0.717) is 45.1 Å². The van der Waals surface area contributed by atoms with Crippen molar-refractivity contribution in [1.82, 2.24) is 4.57 Å². The molecule has 0 saturated heterocycles. The van der Waals surface area contributed by atoms with Crippen molar-refractivity contribution in [3.63, 3.8) is 0 Å². The highest BCUT2D eigenvalue weighted by molar-refractivity contribution is 7.07. The van der Waals surface area contributed by atoms with Gasteiger partial charge in [0.05, 0.1) is 49.3 Å². The van der Waals surface area contributed by atoms with Gasteiger partial charge in [-0.15, -0.1) is 6.58 Å². The molecule has 0 spiro atoms. The molecule has 1 atom stereocenters. The molecular formula is C32H34N2O8S. The van der Waals surface area contributed by atoms with Crippen LogP contribution in [0, 0.1) is 0 Å². The zero-order valence-electron chi connectivity index (χ0n) is 24.8. The molecule has 43 heavy (non-hydrogen) atoms. The maximum Gasteiger partial charge on any atom is 0.343 e. The topological polar surface area (TPSA) is 115 Å². The Morgan fingerprint density at radius 3 is 2.49 bits per heavy atom. The summed E-state index contributed by atoms with van der Waals surface area (Å²) in [7, 11) is 2.88. The van der Waals surface area contributed by atoms with Crippen molar-refractivity contribution in [3.8, 4) is 17.2 Å². The Morgan fingerprint density at radius 1 is 1.05 bits per heavy atom. The summed E-state index contributed by atoms with van der Waals surface area (Å²) in [6, 6.07) is 9.88. The third kappa shape index (κ3) is 6.72. The second kappa shape index (κ2) is 14.0. The van der Waals surface area contributed by atoms with Crippen LogP contribution in [0.4, 0.5) is 0 Å². The lowest BCUT2D eigenvalue weighted by Crippen LogP contribution is -2.40. The molecule has 0 aliphatic carbocycles. The Labute approximate surface area is 253 Å². The van der Waals surface area contributed by atoms with Crippen LogP contribution in [0.2, 0.25) is 0 Å². The van der Waals surface area contributed by atoms with E-state index in [-0.39, 0.29) is 24.3 Å². The molecule has 1 aliphatic heterocycles. The lowest BCUT2D eigenvalue weighted by molar-refractivity contribution is -0.143. The fraction of sp³-hybridized carbons (Fsp3) is 0.312. The molecule has 0 bridgehead atoms. The summed E-state index contributed by atoms with van der Waals surface area (Å²) in [5.74, 6) is 0.275. The van der Waals surface area contributed by atoms with Crippen molar-refractivity contribution in [2.24, 2.45) is 4.99 Å². The molecule has 0 radical (unpaired) electrons. The van der Waals surface area contributed by atoms with Gasteiger partial charge in [0.2, 0.25) is 0 Å². The number of carbonyl (C=O) groups excluding carboxylic acids is 2. The minimum absolute atomic E-state index is 0.155. The predicted octanol–water partition coefficient (Wildman–Crippen LogP) is 3.49. The number of ether oxygens (including phenoxy) is 5. The number of nitrogens with zero attached hydrogens (tertiary/aromatic N) is 2. The summed E-state index contributed by atoms with van der Waals surface area (Å²) < 4.78 is 28.9. The first-order valence-corrected chi connectivity index (χ1v) is 14.5. The van der Waals surface area contributed by atoms with Crippen molar-refractivity contribution in [1.29, 1.82) is 0 Å². The molecule has 11 heteroatoms. The van der Waals surface area contributed by atoms with E-state index in [1.54, 1.807) is 51.3 Å². The molecule has 10 nitrogen and oxygen atoms in total. The Hall–Kier alpha value is -4.64. The largest absolute Gasteiger partial charge is 0.496 e. The zero-order chi connectivity index (χ0) is 31.1. The van der Waals surface area contributed by atoms with Crippen LogP contribution in [0.5, 0.6) is 17.2 Å². The summed E-state index contributed by atoms with van der Waals surface area (Å²) in [5, 5.41) is 0. The lowest BCUT2D eigenvalue weighted by atomic mass is 9.95. The summed E-state index contributed by atoms with van der Waals surface area (Å²) in [5.41, 5.74) is 2.70. The van der Waals surface area contributed by atoms with Crippen molar-refractivity contribution in [3.05, 3.63) is 96.7 Å². The van der Waals surface area contributed by atoms with E-state index < -0.39 is 18.0 Å².